The molecule has 21 heavy (non-hydrogen) atoms. The van der Waals surface area contributed by atoms with E-state index < -0.39 is 0 Å². The van der Waals surface area contributed by atoms with Crippen LogP contribution in [0, 0.1) is 5.92 Å². The minimum absolute atomic E-state index is 0.251. The Morgan fingerprint density at radius 1 is 1.19 bits per heavy atom. The van der Waals surface area contributed by atoms with E-state index in [1.54, 1.807) is 0 Å². The molecule has 1 saturated heterocycles. The molecule has 122 valence electrons. The highest BCUT2D eigenvalue weighted by atomic mass is 15.3. The number of hydrogen-bond donors (Lipinski definition) is 1. The van der Waals surface area contributed by atoms with Crippen LogP contribution in [-0.4, -0.2) is 53.1 Å². The molecule has 2 aliphatic carbocycles. The van der Waals surface area contributed by atoms with E-state index in [1.807, 2.05) is 0 Å². The van der Waals surface area contributed by atoms with Gasteiger partial charge in [0, 0.05) is 43.3 Å². The van der Waals surface area contributed by atoms with Crippen molar-refractivity contribution < 1.29 is 0 Å². The number of hydrogen-bond acceptors (Lipinski definition) is 3. The Morgan fingerprint density at radius 2 is 1.86 bits per heavy atom. The summed E-state index contributed by atoms with van der Waals surface area (Å²) in [7, 11) is 0. The predicted octanol–water partition coefficient (Wildman–Crippen LogP) is 2.84. The molecule has 3 nitrogen and oxygen atoms in total. The topological polar surface area (TPSA) is 32.5 Å². The van der Waals surface area contributed by atoms with Crippen molar-refractivity contribution in [1.29, 1.82) is 0 Å². The van der Waals surface area contributed by atoms with E-state index in [0.29, 0.717) is 0 Å². The van der Waals surface area contributed by atoms with Crippen LogP contribution in [0.2, 0.25) is 0 Å². The van der Waals surface area contributed by atoms with Crippen LogP contribution >= 0.6 is 0 Å². The maximum absolute atomic E-state index is 6.39. The zero-order valence-corrected chi connectivity index (χ0v) is 14.4. The number of nitrogens with zero attached hydrogens (tertiary/aromatic N) is 2. The van der Waals surface area contributed by atoms with Crippen LogP contribution in [0.15, 0.2) is 0 Å². The van der Waals surface area contributed by atoms with Crippen molar-refractivity contribution in [3.63, 3.8) is 0 Å². The lowest BCUT2D eigenvalue weighted by atomic mass is 9.90. The summed E-state index contributed by atoms with van der Waals surface area (Å²) in [6.45, 7) is 10.4. The van der Waals surface area contributed by atoms with Gasteiger partial charge >= 0.3 is 0 Å². The Bertz CT molecular complexity index is 346. The van der Waals surface area contributed by atoms with Crippen molar-refractivity contribution in [1.82, 2.24) is 9.80 Å². The van der Waals surface area contributed by atoms with Crippen molar-refractivity contribution >= 4 is 0 Å². The van der Waals surface area contributed by atoms with Gasteiger partial charge in [-0.05, 0) is 44.9 Å². The van der Waals surface area contributed by atoms with Crippen LogP contribution in [0.1, 0.15) is 65.7 Å². The number of nitrogens with two attached hydrogens (primary N) is 1. The molecule has 0 aromatic heterocycles. The van der Waals surface area contributed by atoms with E-state index in [1.165, 1.54) is 58.0 Å². The average molecular weight is 293 g/mol. The fraction of sp³-hybridized carbons (Fsp3) is 1.00. The second-order valence-corrected chi connectivity index (χ2v) is 8.37. The molecule has 3 heteroatoms. The lowest BCUT2D eigenvalue weighted by molar-refractivity contribution is 0.0424. The molecule has 2 saturated carbocycles. The maximum Gasteiger partial charge on any atom is 0.0476 e. The maximum atomic E-state index is 6.39. The van der Waals surface area contributed by atoms with Gasteiger partial charge in [0.05, 0.1) is 0 Å². The van der Waals surface area contributed by atoms with Gasteiger partial charge in [0.2, 0.25) is 0 Å². The molecule has 0 aromatic rings. The van der Waals surface area contributed by atoms with Crippen molar-refractivity contribution in [2.75, 3.05) is 19.6 Å². The van der Waals surface area contributed by atoms with Crippen molar-refractivity contribution in [2.45, 2.75) is 89.4 Å². The highest BCUT2D eigenvalue weighted by Crippen LogP contribution is 2.42. The van der Waals surface area contributed by atoms with E-state index in [2.05, 4.69) is 30.6 Å². The molecular formula is C18H35N3. The summed E-state index contributed by atoms with van der Waals surface area (Å²) >= 11 is 0. The van der Waals surface area contributed by atoms with E-state index >= 15 is 0 Å². The van der Waals surface area contributed by atoms with Crippen LogP contribution in [0.4, 0.5) is 0 Å². The summed E-state index contributed by atoms with van der Waals surface area (Å²) in [6, 6.07) is 2.39. The quantitative estimate of drug-likeness (QED) is 0.817. The third-order valence-corrected chi connectivity index (χ3v) is 6.05. The normalized spacial score (nSPS) is 35.4. The van der Waals surface area contributed by atoms with Crippen molar-refractivity contribution in [2.24, 2.45) is 11.7 Å². The van der Waals surface area contributed by atoms with E-state index in [-0.39, 0.29) is 5.54 Å². The summed E-state index contributed by atoms with van der Waals surface area (Å²) in [4.78, 5) is 5.64. The van der Waals surface area contributed by atoms with Gasteiger partial charge in [0.15, 0.2) is 0 Å². The van der Waals surface area contributed by atoms with Crippen LogP contribution < -0.4 is 5.73 Å². The van der Waals surface area contributed by atoms with Crippen LogP contribution in [0.25, 0.3) is 0 Å². The third kappa shape index (κ3) is 3.16. The van der Waals surface area contributed by atoms with Gasteiger partial charge in [-0.25, -0.2) is 0 Å². The first kappa shape index (κ1) is 15.8. The first-order valence-electron chi connectivity index (χ1n) is 9.28. The fourth-order valence-corrected chi connectivity index (χ4v) is 4.94. The molecule has 0 amide bonds. The summed E-state index contributed by atoms with van der Waals surface area (Å²) in [5, 5.41) is 0. The van der Waals surface area contributed by atoms with E-state index in [4.69, 9.17) is 5.73 Å². The second kappa shape index (κ2) is 6.17. The van der Waals surface area contributed by atoms with Crippen LogP contribution in [-0.2, 0) is 0 Å². The molecule has 3 fully saturated rings. The van der Waals surface area contributed by atoms with Gasteiger partial charge in [-0.1, -0.05) is 26.7 Å². The molecule has 2 unspecified atom stereocenters. The average Bonchev–Trinajstić information content (AvgIpc) is 3.02. The Labute approximate surface area is 131 Å². The van der Waals surface area contributed by atoms with Crippen molar-refractivity contribution in [3.05, 3.63) is 0 Å². The highest BCUT2D eigenvalue weighted by molar-refractivity contribution is 5.08. The molecule has 2 N–H and O–H groups in total. The largest absolute Gasteiger partial charge is 0.329 e. The monoisotopic (exact) mass is 293 g/mol. The first-order chi connectivity index (χ1) is 10.1. The van der Waals surface area contributed by atoms with E-state index in [0.717, 1.165) is 30.6 Å². The molecule has 1 aliphatic heterocycles. The summed E-state index contributed by atoms with van der Waals surface area (Å²) < 4.78 is 0. The standard InChI is InChI=1S/C18H35N3/c1-14(2)11-21(17-6-4-5-7-17)18(12-19)10-15(3)20(13-18)16-8-9-16/h14-17H,4-13,19H2,1-3H3. The fourth-order valence-electron chi connectivity index (χ4n) is 4.94. The lowest BCUT2D eigenvalue weighted by Gasteiger charge is -2.45. The molecule has 3 rings (SSSR count). The van der Waals surface area contributed by atoms with Gasteiger partial charge in [-0.15, -0.1) is 0 Å². The molecule has 0 aromatic carbocycles. The van der Waals surface area contributed by atoms with Crippen molar-refractivity contribution in [3.8, 4) is 0 Å². The smallest absolute Gasteiger partial charge is 0.0476 e. The van der Waals surface area contributed by atoms with Gasteiger partial charge in [0.25, 0.3) is 0 Å². The Morgan fingerprint density at radius 3 is 2.38 bits per heavy atom. The molecule has 3 aliphatic rings. The number of likely N-dealkylation sites (tertiary alicyclic amines) is 1. The van der Waals surface area contributed by atoms with Gasteiger partial charge in [-0.3, -0.25) is 9.80 Å². The highest BCUT2D eigenvalue weighted by Gasteiger charge is 2.50. The Kier molecular flexibility index (Phi) is 4.63. The van der Waals surface area contributed by atoms with Crippen LogP contribution in [0.3, 0.4) is 0 Å². The molecule has 2 atom stereocenters. The summed E-state index contributed by atoms with van der Waals surface area (Å²) in [6.07, 6.45) is 9.74. The Balaban J connectivity index is 1.80. The van der Waals surface area contributed by atoms with Crippen LogP contribution in [0.5, 0.6) is 0 Å². The number of rotatable bonds is 6. The first-order valence-corrected chi connectivity index (χ1v) is 9.28. The lowest BCUT2D eigenvalue weighted by Crippen LogP contribution is -2.59. The molecule has 0 spiro atoms. The summed E-state index contributed by atoms with van der Waals surface area (Å²) in [5.41, 5.74) is 6.64. The minimum atomic E-state index is 0.251. The Hall–Kier alpha value is -0.120. The molecule has 0 bridgehead atoms. The second-order valence-electron chi connectivity index (χ2n) is 8.37. The molecule has 0 radical (unpaired) electrons. The molecular weight excluding hydrogens is 258 g/mol. The SMILES string of the molecule is CC(C)CN(C1CCCC1)C1(CN)CC(C)N(C2CC2)C1. The zero-order valence-electron chi connectivity index (χ0n) is 14.4. The predicted molar refractivity (Wildman–Crippen MR) is 89.4 cm³/mol. The minimum Gasteiger partial charge on any atom is -0.329 e. The van der Waals surface area contributed by atoms with Gasteiger partial charge in [-0.2, -0.15) is 0 Å². The summed E-state index contributed by atoms with van der Waals surface area (Å²) in [5.74, 6) is 0.735. The zero-order chi connectivity index (χ0) is 15.0. The van der Waals surface area contributed by atoms with Gasteiger partial charge in [0.1, 0.15) is 0 Å². The molecule has 1 heterocycles. The third-order valence-electron chi connectivity index (χ3n) is 6.05. The van der Waals surface area contributed by atoms with Gasteiger partial charge < -0.3 is 5.73 Å². The van der Waals surface area contributed by atoms with E-state index in [9.17, 15) is 0 Å².